The summed E-state index contributed by atoms with van der Waals surface area (Å²) >= 11 is 0. The van der Waals surface area contributed by atoms with Crippen LogP contribution in [0.3, 0.4) is 0 Å². The zero-order valence-electron chi connectivity index (χ0n) is 13.8. The topological polar surface area (TPSA) is 85.4 Å². The number of aromatic nitrogens is 2. The highest BCUT2D eigenvalue weighted by atomic mass is 16.7. The summed E-state index contributed by atoms with van der Waals surface area (Å²) < 4.78 is 10.6. The normalized spacial score (nSPS) is 11.8. The van der Waals surface area contributed by atoms with Crippen LogP contribution in [0.2, 0.25) is 0 Å². The quantitative estimate of drug-likeness (QED) is 0.737. The third-order valence-electron chi connectivity index (χ3n) is 3.83. The fraction of sp³-hybridized carbons (Fsp3) is 0.105. The minimum Gasteiger partial charge on any atom is -0.454 e. The number of benzene rings is 2. The van der Waals surface area contributed by atoms with Crippen LogP contribution in [-0.4, -0.2) is 22.7 Å². The molecule has 130 valence electrons. The summed E-state index contributed by atoms with van der Waals surface area (Å²) in [6.45, 7) is 0.603. The van der Waals surface area contributed by atoms with E-state index in [1.165, 1.54) is 12.4 Å². The molecule has 26 heavy (non-hydrogen) atoms. The van der Waals surface area contributed by atoms with Gasteiger partial charge >= 0.3 is 0 Å². The van der Waals surface area contributed by atoms with Crippen molar-refractivity contribution in [2.24, 2.45) is 0 Å². The van der Waals surface area contributed by atoms with E-state index in [1.807, 2.05) is 48.5 Å². The highest BCUT2D eigenvalue weighted by Crippen LogP contribution is 2.32. The molecule has 0 bridgehead atoms. The molecule has 7 heteroatoms. The summed E-state index contributed by atoms with van der Waals surface area (Å²) in [4.78, 5) is 20.6. The zero-order chi connectivity index (χ0) is 17.8. The van der Waals surface area contributed by atoms with Gasteiger partial charge in [0.25, 0.3) is 5.91 Å². The summed E-state index contributed by atoms with van der Waals surface area (Å²) in [6, 6.07) is 15.2. The molecule has 1 aliphatic rings. The van der Waals surface area contributed by atoms with Crippen LogP contribution in [0.25, 0.3) is 0 Å². The molecule has 0 spiro atoms. The molecule has 0 saturated carbocycles. The molecule has 0 saturated heterocycles. The highest BCUT2D eigenvalue weighted by molar-refractivity contribution is 5.93. The number of para-hydroxylation sites is 1. The van der Waals surface area contributed by atoms with Gasteiger partial charge in [-0.05, 0) is 29.8 Å². The van der Waals surface area contributed by atoms with Gasteiger partial charge in [0.1, 0.15) is 0 Å². The Morgan fingerprint density at radius 3 is 2.58 bits per heavy atom. The molecule has 4 rings (SSSR count). The van der Waals surface area contributed by atoms with E-state index in [0.29, 0.717) is 23.8 Å². The Kier molecular flexibility index (Phi) is 4.34. The third kappa shape index (κ3) is 3.56. The molecule has 0 aliphatic carbocycles. The predicted octanol–water partition coefficient (Wildman–Crippen LogP) is 2.88. The molecule has 1 amide bonds. The van der Waals surface area contributed by atoms with Gasteiger partial charge in [-0.15, -0.1) is 0 Å². The van der Waals surface area contributed by atoms with Gasteiger partial charge in [-0.3, -0.25) is 4.79 Å². The number of ether oxygens (including phenoxy) is 2. The minimum atomic E-state index is -0.242. The molecular formula is C19H16N4O3. The molecule has 1 aromatic heterocycles. The Morgan fingerprint density at radius 1 is 1.00 bits per heavy atom. The van der Waals surface area contributed by atoms with Crippen LogP contribution in [0.5, 0.6) is 11.5 Å². The number of hydrogen-bond donors (Lipinski definition) is 2. The lowest BCUT2D eigenvalue weighted by molar-refractivity contribution is 0.0950. The Morgan fingerprint density at radius 2 is 1.77 bits per heavy atom. The first-order valence-electron chi connectivity index (χ1n) is 8.09. The van der Waals surface area contributed by atoms with Gasteiger partial charge in [-0.2, -0.15) is 0 Å². The maximum Gasteiger partial charge on any atom is 0.254 e. The molecule has 2 aromatic carbocycles. The van der Waals surface area contributed by atoms with Crippen LogP contribution >= 0.6 is 0 Å². The largest absolute Gasteiger partial charge is 0.454 e. The molecule has 2 heterocycles. The number of nitrogens with one attached hydrogen (secondary N) is 2. The highest BCUT2D eigenvalue weighted by Gasteiger charge is 2.14. The lowest BCUT2D eigenvalue weighted by Gasteiger charge is -2.07. The molecule has 7 nitrogen and oxygen atoms in total. The smallest absolute Gasteiger partial charge is 0.254 e. The Balaban J connectivity index is 1.36. The second-order valence-electron chi connectivity index (χ2n) is 5.66. The van der Waals surface area contributed by atoms with E-state index in [1.54, 1.807) is 0 Å². The van der Waals surface area contributed by atoms with Crippen molar-refractivity contribution in [1.29, 1.82) is 0 Å². The fourth-order valence-electron chi connectivity index (χ4n) is 2.50. The van der Waals surface area contributed by atoms with E-state index in [4.69, 9.17) is 9.47 Å². The maximum absolute atomic E-state index is 12.3. The summed E-state index contributed by atoms with van der Waals surface area (Å²) in [5.74, 6) is 1.60. The zero-order valence-corrected chi connectivity index (χ0v) is 13.8. The summed E-state index contributed by atoms with van der Waals surface area (Å²) in [7, 11) is 0. The number of nitrogens with zero attached hydrogens (tertiary/aromatic N) is 2. The van der Waals surface area contributed by atoms with E-state index in [2.05, 4.69) is 20.6 Å². The van der Waals surface area contributed by atoms with Crippen LogP contribution in [0.1, 0.15) is 15.9 Å². The van der Waals surface area contributed by atoms with E-state index >= 15 is 0 Å². The average Bonchev–Trinajstić information content (AvgIpc) is 3.15. The lowest BCUT2D eigenvalue weighted by atomic mass is 10.2. The standard InChI is InChI=1S/C19H16N4O3/c24-18(20-9-13-6-7-16-17(8-13)26-12-25-16)14-10-21-19(22-11-14)23-15-4-2-1-3-5-15/h1-8,10-11H,9,12H2,(H,20,24)(H,21,22,23). The van der Waals surface area contributed by atoms with Crippen molar-refractivity contribution in [3.8, 4) is 11.5 Å². The molecule has 0 unspecified atom stereocenters. The van der Waals surface area contributed by atoms with Gasteiger partial charge in [-0.25, -0.2) is 9.97 Å². The molecule has 0 atom stereocenters. The minimum absolute atomic E-state index is 0.228. The van der Waals surface area contributed by atoms with Crippen LogP contribution in [0.4, 0.5) is 11.6 Å². The first kappa shape index (κ1) is 15.9. The van der Waals surface area contributed by atoms with Crippen molar-refractivity contribution in [1.82, 2.24) is 15.3 Å². The Hall–Kier alpha value is -3.61. The summed E-state index contributed by atoms with van der Waals surface area (Å²) in [6.07, 6.45) is 2.99. The molecule has 0 radical (unpaired) electrons. The summed E-state index contributed by atoms with van der Waals surface area (Å²) in [5, 5.41) is 5.91. The second kappa shape index (κ2) is 7.10. The van der Waals surface area contributed by atoms with Crippen molar-refractivity contribution in [2.75, 3.05) is 12.1 Å². The van der Waals surface area contributed by atoms with Crippen LogP contribution in [0.15, 0.2) is 60.9 Å². The fourth-order valence-corrected chi connectivity index (χ4v) is 2.50. The maximum atomic E-state index is 12.3. The molecular weight excluding hydrogens is 332 g/mol. The van der Waals surface area contributed by atoms with Gasteiger partial charge in [0.2, 0.25) is 12.7 Å². The second-order valence-corrected chi connectivity index (χ2v) is 5.66. The molecule has 1 aliphatic heterocycles. The lowest BCUT2D eigenvalue weighted by Crippen LogP contribution is -2.23. The molecule has 3 aromatic rings. The average molecular weight is 348 g/mol. The number of carbonyl (C=O) groups is 1. The third-order valence-corrected chi connectivity index (χ3v) is 3.83. The van der Waals surface area contributed by atoms with Crippen LogP contribution < -0.4 is 20.1 Å². The summed E-state index contributed by atoms with van der Waals surface area (Å²) in [5.41, 5.74) is 2.20. The first-order valence-corrected chi connectivity index (χ1v) is 8.09. The Labute approximate surface area is 150 Å². The van der Waals surface area contributed by atoms with Crippen LogP contribution in [0, 0.1) is 0 Å². The van der Waals surface area contributed by atoms with Crippen molar-refractivity contribution >= 4 is 17.5 Å². The van der Waals surface area contributed by atoms with E-state index in [9.17, 15) is 4.79 Å². The van der Waals surface area contributed by atoms with Gasteiger partial charge in [0.15, 0.2) is 11.5 Å². The number of rotatable bonds is 5. The van der Waals surface area contributed by atoms with Crippen molar-refractivity contribution in [3.63, 3.8) is 0 Å². The van der Waals surface area contributed by atoms with E-state index in [0.717, 1.165) is 17.0 Å². The van der Waals surface area contributed by atoms with Crippen molar-refractivity contribution in [3.05, 3.63) is 72.1 Å². The van der Waals surface area contributed by atoms with Gasteiger partial charge in [0.05, 0.1) is 5.56 Å². The van der Waals surface area contributed by atoms with Gasteiger partial charge in [0, 0.05) is 24.6 Å². The van der Waals surface area contributed by atoms with Crippen LogP contribution in [-0.2, 0) is 6.54 Å². The van der Waals surface area contributed by atoms with E-state index in [-0.39, 0.29) is 12.7 Å². The van der Waals surface area contributed by atoms with E-state index < -0.39 is 0 Å². The Bertz CT molecular complexity index is 914. The first-order chi connectivity index (χ1) is 12.8. The monoisotopic (exact) mass is 348 g/mol. The number of amides is 1. The predicted molar refractivity (Wildman–Crippen MR) is 95.5 cm³/mol. The van der Waals surface area contributed by atoms with Gasteiger partial charge in [-0.1, -0.05) is 24.3 Å². The van der Waals surface area contributed by atoms with Crippen molar-refractivity contribution in [2.45, 2.75) is 6.54 Å². The SMILES string of the molecule is O=C(NCc1ccc2c(c1)OCO2)c1cnc(Nc2ccccc2)nc1. The molecule has 2 N–H and O–H groups in total. The number of hydrogen-bond acceptors (Lipinski definition) is 6. The van der Waals surface area contributed by atoms with Gasteiger partial charge < -0.3 is 20.1 Å². The molecule has 0 fully saturated rings. The number of carbonyl (C=O) groups excluding carboxylic acids is 1. The number of fused-ring (bicyclic) bond motifs is 1. The number of anilines is 2. The van der Waals surface area contributed by atoms with Crippen molar-refractivity contribution < 1.29 is 14.3 Å².